The van der Waals surface area contributed by atoms with Crippen molar-refractivity contribution in [3.63, 3.8) is 0 Å². The Kier molecular flexibility index (Phi) is 3.94. The number of aromatic nitrogens is 6. The Hall–Kier alpha value is -3.46. The van der Waals surface area contributed by atoms with Crippen LogP contribution in [0.4, 0.5) is 0 Å². The number of aryl methyl sites for hydroxylation is 1. The van der Waals surface area contributed by atoms with Crippen LogP contribution in [0.3, 0.4) is 0 Å². The van der Waals surface area contributed by atoms with Crippen molar-refractivity contribution in [3.05, 3.63) is 70.8 Å². The van der Waals surface area contributed by atoms with Gasteiger partial charge in [-0.15, -0.1) is 20.4 Å². The van der Waals surface area contributed by atoms with Crippen molar-refractivity contribution in [2.24, 2.45) is 7.05 Å². The van der Waals surface area contributed by atoms with Gasteiger partial charge in [0.15, 0.2) is 5.16 Å². The smallest absolute Gasteiger partial charge is 0.262 e. The molecule has 0 spiro atoms. The number of hydrogen-bond donors (Lipinski definition) is 0. The first kappa shape index (κ1) is 16.7. The number of thioether (sulfide) groups is 1. The highest BCUT2D eigenvalue weighted by atomic mass is 32.2. The topological polar surface area (TPSA) is 91.1 Å². The molecule has 2 aromatic carbocycles. The Bertz CT molecular complexity index is 1360. The lowest BCUT2D eigenvalue weighted by molar-refractivity contribution is 0.528. The largest absolute Gasteiger partial charge is 0.420 e. The zero-order chi connectivity index (χ0) is 19.1. The molecule has 0 unspecified atom stereocenters. The summed E-state index contributed by atoms with van der Waals surface area (Å²) in [7, 11) is 1.69. The van der Waals surface area contributed by atoms with Crippen LogP contribution in [0.1, 0.15) is 5.89 Å². The molecule has 0 radical (unpaired) electrons. The Morgan fingerprint density at radius 1 is 0.964 bits per heavy atom. The fraction of sp³-hybridized carbons (Fsp3) is 0.105. The molecule has 9 heteroatoms. The molecule has 138 valence electrons. The van der Waals surface area contributed by atoms with Crippen molar-refractivity contribution in [1.29, 1.82) is 0 Å². The van der Waals surface area contributed by atoms with E-state index in [0.717, 1.165) is 11.1 Å². The quantitative estimate of drug-likeness (QED) is 0.436. The van der Waals surface area contributed by atoms with Gasteiger partial charge in [0.25, 0.3) is 5.56 Å². The Morgan fingerprint density at radius 3 is 2.61 bits per heavy atom. The summed E-state index contributed by atoms with van der Waals surface area (Å²) in [6.45, 7) is 0. The van der Waals surface area contributed by atoms with Crippen LogP contribution in [0.15, 0.2) is 69.0 Å². The summed E-state index contributed by atoms with van der Waals surface area (Å²) in [6, 6.07) is 17.0. The maximum atomic E-state index is 12.5. The highest BCUT2D eigenvalue weighted by Gasteiger charge is 2.16. The number of fused-ring (bicyclic) bond motifs is 3. The van der Waals surface area contributed by atoms with Crippen LogP contribution in [0, 0.1) is 0 Å². The first-order valence-corrected chi connectivity index (χ1v) is 9.54. The summed E-state index contributed by atoms with van der Waals surface area (Å²) in [5.41, 5.74) is 1.54. The summed E-state index contributed by atoms with van der Waals surface area (Å²) in [5, 5.41) is 17.9. The maximum absolute atomic E-state index is 12.5. The average molecular weight is 390 g/mol. The Labute approximate surface area is 162 Å². The number of benzene rings is 2. The van der Waals surface area contributed by atoms with E-state index in [-0.39, 0.29) is 5.56 Å². The summed E-state index contributed by atoms with van der Waals surface area (Å²) >= 11 is 1.43. The highest BCUT2D eigenvalue weighted by Crippen LogP contribution is 2.25. The van der Waals surface area contributed by atoms with Crippen molar-refractivity contribution >= 4 is 28.4 Å². The van der Waals surface area contributed by atoms with E-state index in [4.69, 9.17) is 4.42 Å². The first-order chi connectivity index (χ1) is 13.7. The molecular weight excluding hydrogens is 376 g/mol. The fourth-order valence-electron chi connectivity index (χ4n) is 3.04. The van der Waals surface area contributed by atoms with Crippen LogP contribution < -0.4 is 5.56 Å². The molecule has 0 saturated heterocycles. The lowest BCUT2D eigenvalue weighted by Gasteiger charge is -2.06. The molecule has 3 aromatic heterocycles. The molecule has 0 amide bonds. The number of rotatable bonds is 4. The van der Waals surface area contributed by atoms with E-state index in [1.807, 2.05) is 52.9 Å². The summed E-state index contributed by atoms with van der Waals surface area (Å²) in [4.78, 5) is 12.5. The van der Waals surface area contributed by atoms with Crippen molar-refractivity contribution in [2.75, 3.05) is 0 Å². The van der Waals surface area contributed by atoms with Crippen molar-refractivity contribution in [1.82, 2.24) is 29.4 Å². The third kappa shape index (κ3) is 2.67. The standard InChI is InChI=1S/C19H14N6O2S/c1-24-17(26)13-9-5-6-10-14(13)25-18(24)22-23-19(25)28-11-15-20-21-16(27-15)12-7-3-2-4-8-12/h2-10H,11H2,1H3. The second-order valence-electron chi connectivity index (χ2n) is 6.15. The molecule has 8 nitrogen and oxygen atoms in total. The van der Waals surface area contributed by atoms with Crippen LogP contribution in [-0.2, 0) is 12.8 Å². The van der Waals surface area contributed by atoms with Gasteiger partial charge < -0.3 is 4.42 Å². The molecule has 28 heavy (non-hydrogen) atoms. The molecule has 5 aromatic rings. The molecule has 0 bridgehead atoms. The third-order valence-electron chi connectivity index (χ3n) is 4.41. The normalized spacial score (nSPS) is 11.5. The molecule has 0 aliphatic heterocycles. The molecule has 0 saturated carbocycles. The van der Waals surface area contributed by atoms with Gasteiger partial charge in [-0.1, -0.05) is 42.1 Å². The second-order valence-corrected chi connectivity index (χ2v) is 7.10. The fourth-order valence-corrected chi connectivity index (χ4v) is 3.82. The van der Waals surface area contributed by atoms with Gasteiger partial charge in [0.1, 0.15) is 0 Å². The number of hydrogen-bond acceptors (Lipinski definition) is 7. The highest BCUT2D eigenvalue weighted by molar-refractivity contribution is 7.98. The SMILES string of the molecule is Cn1c(=O)c2ccccc2n2c(SCc3nnc(-c4ccccc4)o3)nnc12. The van der Waals surface area contributed by atoms with E-state index in [0.29, 0.717) is 33.9 Å². The van der Waals surface area contributed by atoms with Gasteiger partial charge in [0, 0.05) is 12.6 Å². The molecule has 0 fully saturated rings. The third-order valence-corrected chi connectivity index (χ3v) is 5.32. The predicted octanol–water partition coefficient (Wildman–Crippen LogP) is 2.92. The second kappa shape index (κ2) is 6.61. The van der Waals surface area contributed by atoms with Gasteiger partial charge in [-0.3, -0.25) is 13.8 Å². The van der Waals surface area contributed by atoms with E-state index in [1.54, 1.807) is 13.1 Å². The lowest BCUT2D eigenvalue weighted by Crippen LogP contribution is -2.20. The average Bonchev–Trinajstić information content (AvgIpc) is 3.38. The molecule has 0 atom stereocenters. The molecular formula is C19H14N6O2S. The minimum absolute atomic E-state index is 0.101. The van der Waals surface area contributed by atoms with Gasteiger partial charge in [-0.25, -0.2) is 0 Å². The molecule has 5 rings (SSSR count). The van der Waals surface area contributed by atoms with Gasteiger partial charge >= 0.3 is 0 Å². The Morgan fingerprint density at radius 2 is 1.75 bits per heavy atom. The van der Waals surface area contributed by atoms with Gasteiger partial charge in [0.2, 0.25) is 17.6 Å². The van der Waals surface area contributed by atoms with E-state index in [1.165, 1.54) is 16.3 Å². The maximum Gasteiger partial charge on any atom is 0.262 e. The zero-order valence-corrected chi connectivity index (χ0v) is 15.6. The lowest BCUT2D eigenvalue weighted by atomic mass is 10.2. The van der Waals surface area contributed by atoms with Crippen LogP contribution in [-0.4, -0.2) is 29.4 Å². The van der Waals surface area contributed by atoms with Crippen LogP contribution in [0.25, 0.3) is 28.1 Å². The zero-order valence-electron chi connectivity index (χ0n) is 14.8. The first-order valence-electron chi connectivity index (χ1n) is 8.56. The van der Waals surface area contributed by atoms with Crippen LogP contribution >= 0.6 is 11.8 Å². The van der Waals surface area contributed by atoms with Crippen molar-refractivity contribution in [3.8, 4) is 11.5 Å². The van der Waals surface area contributed by atoms with Gasteiger partial charge in [0.05, 0.1) is 16.7 Å². The monoisotopic (exact) mass is 390 g/mol. The summed E-state index contributed by atoms with van der Waals surface area (Å²) < 4.78 is 9.13. The van der Waals surface area contributed by atoms with Crippen molar-refractivity contribution < 1.29 is 4.42 Å². The molecule has 0 aliphatic carbocycles. The number of nitrogens with zero attached hydrogens (tertiary/aromatic N) is 6. The van der Waals surface area contributed by atoms with E-state index < -0.39 is 0 Å². The van der Waals surface area contributed by atoms with E-state index in [2.05, 4.69) is 20.4 Å². The summed E-state index contributed by atoms with van der Waals surface area (Å²) in [5.74, 6) is 1.91. The van der Waals surface area contributed by atoms with Gasteiger partial charge in [-0.2, -0.15) is 0 Å². The minimum atomic E-state index is -0.101. The molecule has 0 N–H and O–H groups in total. The minimum Gasteiger partial charge on any atom is -0.420 e. The summed E-state index contributed by atoms with van der Waals surface area (Å²) in [6.07, 6.45) is 0. The van der Waals surface area contributed by atoms with Crippen molar-refractivity contribution in [2.45, 2.75) is 10.9 Å². The molecule has 3 heterocycles. The number of para-hydroxylation sites is 1. The van der Waals surface area contributed by atoms with Gasteiger partial charge in [-0.05, 0) is 24.3 Å². The van der Waals surface area contributed by atoms with Crippen LogP contribution in [0.2, 0.25) is 0 Å². The van der Waals surface area contributed by atoms with E-state index in [9.17, 15) is 4.79 Å². The predicted molar refractivity (Wildman–Crippen MR) is 105 cm³/mol. The molecule has 0 aliphatic rings. The van der Waals surface area contributed by atoms with E-state index >= 15 is 0 Å². The Balaban J connectivity index is 1.50. The van der Waals surface area contributed by atoms with Crippen LogP contribution in [0.5, 0.6) is 0 Å².